The Hall–Kier alpha value is -1.44. The number of rotatable bonds is 2. The highest BCUT2D eigenvalue weighted by Gasteiger charge is 2.11. The van der Waals surface area contributed by atoms with Crippen molar-refractivity contribution in [3.8, 4) is 0 Å². The van der Waals surface area contributed by atoms with Crippen molar-refractivity contribution in [1.29, 1.82) is 0 Å². The Morgan fingerprint density at radius 2 is 1.86 bits per heavy atom. The molecule has 1 aliphatic carbocycles. The van der Waals surface area contributed by atoms with Crippen LogP contribution in [-0.4, -0.2) is 12.1 Å². The van der Waals surface area contributed by atoms with Gasteiger partial charge in [0.05, 0.1) is 0 Å². The summed E-state index contributed by atoms with van der Waals surface area (Å²) in [6, 6.07) is 5.59. The van der Waals surface area contributed by atoms with Crippen LogP contribution in [0.3, 0.4) is 0 Å². The molecule has 0 bridgehead atoms. The quantitative estimate of drug-likeness (QED) is 0.404. The molecule has 0 saturated heterocycles. The van der Waals surface area contributed by atoms with Gasteiger partial charge in [-0.2, -0.15) is 0 Å². The molecule has 0 amide bonds. The smallest absolute Gasteiger partial charge is 0.225 e. The fourth-order valence-electron chi connectivity index (χ4n) is 1.95. The molecule has 0 radical (unpaired) electrons. The highest BCUT2D eigenvalue weighted by atomic mass is 16.2. The van der Waals surface area contributed by atoms with Crippen molar-refractivity contribution in [3.63, 3.8) is 0 Å². The highest BCUT2D eigenvalue weighted by Crippen LogP contribution is 2.22. The van der Waals surface area contributed by atoms with Crippen LogP contribution in [0.25, 0.3) is 0 Å². The maximum absolute atomic E-state index is 11.1. The number of carbonyl (C=O) groups is 2. The van der Waals surface area contributed by atoms with E-state index >= 15 is 0 Å². The number of aldehydes is 1. The molecule has 2 heteroatoms. The van der Waals surface area contributed by atoms with E-state index in [1.807, 2.05) is 12.1 Å². The first-order valence-corrected chi connectivity index (χ1v) is 4.92. The molecule has 14 heavy (non-hydrogen) atoms. The lowest BCUT2D eigenvalue weighted by atomic mass is 9.90. The van der Waals surface area contributed by atoms with Crippen LogP contribution in [0, 0.1) is 0 Å². The molecule has 0 aromatic heterocycles. The molecule has 1 aromatic carbocycles. The minimum absolute atomic E-state index is 0.380. The van der Waals surface area contributed by atoms with Crippen molar-refractivity contribution in [2.45, 2.75) is 25.7 Å². The maximum atomic E-state index is 11.1. The topological polar surface area (TPSA) is 34.1 Å². The lowest BCUT2D eigenvalue weighted by Gasteiger charge is -2.15. The van der Waals surface area contributed by atoms with Crippen molar-refractivity contribution < 1.29 is 9.59 Å². The second-order valence-corrected chi connectivity index (χ2v) is 3.67. The lowest BCUT2D eigenvalue weighted by Crippen LogP contribution is -2.06. The Kier molecular flexibility index (Phi) is 2.44. The van der Waals surface area contributed by atoms with Crippen LogP contribution in [-0.2, 0) is 17.6 Å². The minimum atomic E-state index is -0.418. The molecule has 0 aliphatic heterocycles. The first-order chi connectivity index (χ1) is 6.81. The molecule has 0 heterocycles. The van der Waals surface area contributed by atoms with Gasteiger partial charge in [0, 0.05) is 5.56 Å². The van der Waals surface area contributed by atoms with Gasteiger partial charge in [0.2, 0.25) is 5.78 Å². The molecule has 0 atom stereocenters. The summed E-state index contributed by atoms with van der Waals surface area (Å²) in [7, 11) is 0. The standard InChI is InChI=1S/C12H12O2/c13-8-12(14)11-6-5-9-3-1-2-4-10(9)7-11/h5-8H,1-4H2. The predicted molar refractivity (Wildman–Crippen MR) is 53.5 cm³/mol. The Morgan fingerprint density at radius 3 is 2.57 bits per heavy atom. The van der Waals surface area contributed by atoms with Crippen LogP contribution in [0.1, 0.15) is 34.3 Å². The van der Waals surface area contributed by atoms with Crippen molar-refractivity contribution in [2.24, 2.45) is 0 Å². The minimum Gasteiger partial charge on any atom is -0.294 e. The van der Waals surface area contributed by atoms with Crippen molar-refractivity contribution >= 4 is 12.1 Å². The largest absolute Gasteiger partial charge is 0.294 e. The zero-order valence-electron chi connectivity index (χ0n) is 7.95. The number of Topliss-reactive ketones (excluding diaryl/α,β-unsaturated/α-hetero) is 1. The number of fused-ring (bicyclic) bond motifs is 1. The molecule has 0 saturated carbocycles. The summed E-state index contributed by atoms with van der Waals surface area (Å²) in [6.07, 6.45) is 4.93. The van der Waals surface area contributed by atoms with Gasteiger partial charge < -0.3 is 0 Å². The zero-order chi connectivity index (χ0) is 9.97. The summed E-state index contributed by atoms with van der Waals surface area (Å²) < 4.78 is 0. The monoisotopic (exact) mass is 188 g/mol. The zero-order valence-corrected chi connectivity index (χ0v) is 7.95. The molecule has 72 valence electrons. The van der Waals surface area contributed by atoms with E-state index in [2.05, 4.69) is 0 Å². The van der Waals surface area contributed by atoms with Gasteiger partial charge in [-0.15, -0.1) is 0 Å². The van der Waals surface area contributed by atoms with Gasteiger partial charge in [-0.05, 0) is 42.9 Å². The molecule has 0 spiro atoms. The molecular formula is C12H12O2. The van der Waals surface area contributed by atoms with Crippen molar-refractivity contribution in [1.82, 2.24) is 0 Å². The van der Waals surface area contributed by atoms with Gasteiger partial charge in [-0.1, -0.05) is 12.1 Å². The normalized spacial score (nSPS) is 14.6. The first kappa shape index (κ1) is 9.13. The predicted octanol–water partition coefficient (Wildman–Crippen LogP) is 1.95. The Bertz CT molecular complexity index is 380. The van der Waals surface area contributed by atoms with E-state index in [4.69, 9.17) is 0 Å². The SMILES string of the molecule is O=CC(=O)c1ccc2c(c1)CCCC2. The summed E-state index contributed by atoms with van der Waals surface area (Å²) in [5.74, 6) is -0.418. The summed E-state index contributed by atoms with van der Waals surface area (Å²) in [5, 5.41) is 0. The van der Waals surface area contributed by atoms with E-state index in [-0.39, 0.29) is 0 Å². The van der Waals surface area contributed by atoms with Gasteiger partial charge in [-0.3, -0.25) is 9.59 Å². The Labute approximate surface area is 82.9 Å². The average Bonchev–Trinajstić information content (AvgIpc) is 2.27. The lowest BCUT2D eigenvalue weighted by molar-refractivity contribution is -0.104. The van der Waals surface area contributed by atoms with E-state index in [1.165, 1.54) is 24.0 Å². The van der Waals surface area contributed by atoms with Gasteiger partial charge in [0.1, 0.15) is 0 Å². The molecular weight excluding hydrogens is 176 g/mol. The number of aryl methyl sites for hydroxylation is 2. The summed E-state index contributed by atoms with van der Waals surface area (Å²) in [4.78, 5) is 21.5. The number of hydrogen-bond acceptors (Lipinski definition) is 2. The van der Waals surface area contributed by atoms with E-state index in [0.29, 0.717) is 11.8 Å². The molecule has 0 N–H and O–H groups in total. The van der Waals surface area contributed by atoms with E-state index < -0.39 is 5.78 Å². The van der Waals surface area contributed by atoms with E-state index in [0.717, 1.165) is 12.8 Å². The molecule has 2 nitrogen and oxygen atoms in total. The third kappa shape index (κ3) is 1.60. The Balaban J connectivity index is 2.38. The molecule has 2 rings (SSSR count). The number of benzene rings is 1. The summed E-state index contributed by atoms with van der Waals surface area (Å²) in [5.41, 5.74) is 3.10. The van der Waals surface area contributed by atoms with Crippen LogP contribution < -0.4 is 0 Å². The number of ketones is 1. The second kappa shape index (κ2) is 3.74. The fourth-order valence-corrected chi connectivity index (χ4v) is 1.95. The molecule has 0 fully saturated rings. The van der Waals surface area contributed by atoms with Crippen LogP contribution in [0.15, 0.2) is 18.2 Å². The highest BCUT2D eigenvalue weighted by molar-refractivity contribution is 6.33. The average molecular weight is 188 g/mol. The van der Waals surface area contributed by atoms with Crippen molar-refractivity contribution in [2.75, 3.05) is 0 Å². The van der Waals surface area contributed by atoms with Gasteiger partial charge in [0.25, 0.3) is 0 Å². The first-order valence-electron chi connectivity index (χ1n) is 4.92. The molecule has 1 aliphatic rings. The Morgan fingerprint density at radius 1 is 1.14 bits per heavy atom. The van der Waals surface area contributed by atoms with Gasteiger partial charge >= 0.3 is 0 Å². The number of carbonyl (C=O) groups excluding carboxylic acids is 2. The summed E-state index contributed by atoms with van der Waals surface area (Å²) >= 11 is 0. The van der Waals surface area contributed by atoms with Gasteiger partial charge in [-0.25, -0.2) is 0 Å². The third-order valence-corrected chi connectivity index (χ3v) is 2.74. The molecule has 0 unspecified atom stereocenters. The van der Waals surface area contributed by atoms with Crippen LogP contribution in [0.5, 0.6) is 0 Å². The van der Waals surface area contributed by atoms with Crippen molar-refractivity contribution in [3.05, 3.63) is 34.9 Å². The van der Waals surface area contributed by atoms with Crippen LogP contribution >= 0.6 is 0 Å². The van der Waals surface area contributed by atoms with Crippen LogP contribution in [0.2, 0.25) is 0 Å². The van der Waals surface area contributed by atoms with Crippen LogP contribution in [0.4, 0.5) is 0 Å². The third-order valence-electron chi connectivity index (χ3n) is 2.74. The molecule has 1 aromatic rings. The van der Waals surface area contributed by atoms with Gasteiger partial charge in [0.15, 0.2) is 6.29 Å². The fraction of sp³-hybridized carbons (Fsp3) is 0.333. The maximum Gasteiger partial charge on any atom is 0.225 e. The van der Waals surface area contributed by atoms with E-state index in [9.17, 15) is 9.59 Å². The van der Waals surface area contributed by atoms with E-state index in [1.54, 1.807) is 6.07 Å². The second-order valence-electron chi connectivity index (χ2n) is 3.67. The summed E-state index contributed by atoms with van der Waals surface area (Å²) in [6.45, 7) is 0. The number of hydrogen-bond donors (Lipinski definition) is 0.